The third-order valence-corrected chi connectivity index (χ3v) is 9.09. The summed E-state index contributed by atoms with van der Waals surface area (Å²) < 4.78 is 51.9. The average molecular weight is 629 g/mol. The highest BCUT2D eigenvalue weighted by Crippen LogP contribution is 2.50. The molecule has 1 amide bonds. The van der Waals surface area contributed by atoms with Crippen LogP contribution in [-0.4, -0.2) is 82.0 Å². The van der Waals surface area contributed by atoms with Gasteiger partial charge in [0.15, 0.2) is 17.6 Å². The molecule has 0 aromatic heterocycles. The molecule has 228 valence electrons. The monoisotopic (exact) mass is 628 g/mol. The lowest BCUT2D eigenvalue weighted by Gasteiger charge is -2.35. The summed E-state index contributed by atoms with van der Waals surface area (Å²) in [6.45, 7) is -0.294. The van der Waals surface area contributed by atoms with E-state index < -0.39 is 79.9 Å². The Balaban J connectivity index is 1.65. The Morgan fingerprint density at radius 3 is 2.55 bits per heavy atom. The van der Waals surface area contributed by atoms with Gasteiger partial charge in [0, 0.05) is 11.6 Å². The van der Waals surface area contributed by atoms with Crippen molar-refractivity contribution in [3.05, 3.63) is 54.7 Å². The van der Waals surface area contributed by atoms with Crippen LogP contribution in [0.4, 0.5) is 8.78 Å². The number of fused-ring (bicyclic) bond motifs is 1. The van der Waals surface area contributed by atoms with Crippen LogP contribution in [0.2, 0.25) is 0 Å². The minimum Gasteiger partial charge on any atom is -0.462 e. The zero-order valence-electron chi connectivity index (χ0n) is 22.9. The number of nitrogens with one attached hydrogen (secondary N) is 1. The van der Waals surface area contributed by atoms with E-state index in [0.29, 0.717) is 5.39 Å². The molecule has 1 unspecified atom stereocenters. The first-order chi connectivity index (χ1) is 19.8. The summed E-state index contributed by atoms with van der Waals surface area (Å²) in [5.41, 5.74) is -2.87. The van der Waals surface area contributed by atoms with Gasteiger partial charge in [0.1, 0.15) is 24.0 Å². The molecule has 42 heavy (non-hydrogen) atoms. The normalized spacial score (nSPS) is 26.6. The van der Waals surface area contributed by atoms with E-state index in [0.717, 1.165) is 22.6 Å². The van der Waals surface area contributed by atoms with Crippen molar-refractivity contribution in [1.82, 2.24) is 9.99 Å². The largest absolute Gasteiger partial charge is 0.462 e. The molecule has 2 aromatic rings. The fourth-order valence-electron chi connectivity index (χ4n) is 4.47. The number of hydrogen-bond acceptors (Lipinski definition) is 10. The molecule has 0 aliphatic carbocycles. The molecule has 3 N–H and O–H groups in total. The molecule has 0 saturated carbocycles. The Bertz CT molecular complexity index is 1420. The molecule has 11 nitrogen and oxygen atoms in total. The molecule has 0 spiro atoms. The summed E-state index contributed by atoms with van der Waals surface area (Å²) in [6, 6.07) is 11.1. The number of carbonyl (C=O) groups excluding carboxylic acids is 3. The van der Waals surface area contributed by atoms with Gasteiger partial charge in [0.05, 0.1) is 19.1 Å². The van der Waals surface area contributed by atoms with E-state index in [4.69, 9.17) is 30.3 Å². The molecule has 15 heteroatoms. The summed E-state index contributed by atoms with van der Waals surface area (Å²) >= 11 is 5.67. The zero-order valence-corrected chi connectivity index (χ0v) is 24.6. The number of aliphatic hydroxyl groups is 2. The number of carbonyl (C=O) groups is 3. The van der Waals surface area contributed by atoms with Gasteiger partial charge in [-0.1, -0.05) is 36.4 Å². The summed E-state index contributed by atoms with van der Waals surface area (Å²) in [4.78, 5) is 37.3. The van der Waals surface area contributed by atoms with Crippen molar-refractivity contribution in [2.75, 3.05) is 6.61 Å². The molecule has 0 radical (unpaired) electrons. The van der Waals surface area contributed by atoms with Crippen molar-refractivity contribution >= 4 is 46.9 Å². The number of ether oxygens (including phenoxy) is 2. The fraction of sp³-hybridized carbons (Fsp3) is 0.444. The van der Waals surface area contributed by atoms with Crippen LogP contribution in [-0.2, 0) is 40.2 Å². The van der Waals surface area contributed by atoms with Crippen LogP contribution in [0.1, 0.15) is 27.2 Å². The number of alkyl halides is 2. The second-order valence-electron chi connectivity index (χ2n) is 10.1. The maximum Gasteiger partial charge on any atom is 0.323 e. The quantitative estimate of drug-likeness (QED) is 0.192. The minimum atomic E-state index is -3.92. The van der Waals surface area contributed by atoms with Gasteiger partial charge in [-0.25, -0.2) is 13.9 Å². The van der Waals surface area contributed by atoms with Gasteiger partial charge >= 0.3 is 12.6 Å². The Labute approximate surface area is 245 Å². The van der Waals surface area contributed by atoms with Crippen LogP contribution >= 0.6 is 6.64 Å². The van der Waals surface area contributed by atoms with Gasteiger partial charge in [-0.05, 0) is 50.1 Å². The van der Waals surface area contributed by atoms with Gasteiger partial charge in [-0.3, -0.25) is 19.3 Å². The first-order valence-electron chi connectivity index (χ1n) is 13.0. The highest BCUT2D eigenvalue weighted by molar-refractivity contribution is 8.09. The molecular weight excluding hydrogens is 597 g/mol. The van der Waals surface area contributed by atoms with Crippen molar-refractivity contribution < 1.29 is 51.9 Å². The van der Waals surface area contributed by atoms with Gasteiger partial charge in [-0.15, -0.1) is 0 Å². The van der Waals surface area contributed by atoms with Crippen LogP contribution in [0.3, 0.4) is 0 Å². The predicted octanol–water partition coefficient (Wildman–Crippen LogP) is 2.79. The predicted molar refractivity (Wildman–Crippen MR) is 150 cm³/mol. The van der Waals surface area contributed by atoms with Crippen molar-refractivity contribution in [2.24, 2.45) is 0 Å². The maximum absolute atomic E-state index is 14.7. The molecule has 2 aliphatic heterocycles. The van der Waals surface area contributed by atoms with Crippen LogP contribution in [0.25, 0.3) is 10.8 Å². The summed E-state index contributed by atoms with van der Waals surface area (Å²) in [5, 5.41) is 25.6. The van der Waals surface area contributed by atoms with Crippen LogP contribution in [0.5, 0.6) is 5.75 Å². The number of hydrogen-bond donors (Lipinski definition) is 3. The molecule has 2 aromatic carbocycles. The number of allylic oxidation sites excluding steroid dienone is 1. The molecule has 0 bridgehead atoms. The number of esters is 1. The lowest BCUT2D eigenvalue weighted by molar-refractivity contribution is -0.199. The third kappa shape index (κ3) is 6.70. The molecular formula is C27H31F2N2O9PS. The van der Waals surface area contributed by atoms with Crippen LogP contribution < -0.4 is 9.61 Å². The highest BCUT2D eigenvalue weighted by atomic mass is 32.5. The molecule has 2 heterocycles. The smallest absolute Gasteiger partial charge is 0.323 e. The third-order valence-electron chi connectivity index (χ3n) is 6.62. The summed E-state index contributed by atoms with van der Waals surface area (Å²) in [6.07, 6.45) is -8.42. The molecule has 1 saturated heterocycles. The van der Waals surface area contributed by atoms with E-state index in [2.05, 4.69) is 5.09 Å². The molecule has 1 fully saturated rings. The molecule has 6 atom stereocenters. The van der Waals surface area contributed by atoms with Crippen molar-refractivity contribution in [3.8, 4) is 5.75 Å². The van der Waals surface area contributed by atoms with Gasteiger partial charge < -0.3 is 28.7 Å². The van der Waals surface area contributed by atoms with E-state index >= 15 is 0 Å². The second-order valence-corrected chi connectivity index (χ2v) is 13.3. The Hall–Kier alpha value is -2.84. The Morgan fingerprint density at radius 1 is 1.19 bits per heavy atom. The molecule has 4 rings (SSSR count). The maximum atomic E-state index is 14.7. The average Bonchev–Trinajstić information content (AvgIpc) is 3.18. The Morgan fingerprint density at radius 2 is 1.88 bits per heavy atom. The summed E-state index contributed by atoms with van der Waals surface area (Å²) in [7, 11) is 0. The second kappa shape index (κ2) is 12.8. The Kier molecular flexibility index (Phi) is 9.78. The van der Waals surface area contributed by atoms with E-state index in [1.807, 2.05) is 18.2 Å². The number of rotatable bonds is 11. The van der Waals surface area contributed by atoms with Crippen molar-refractivity contribution in [1.29, 1.82) is 0 Å². The highest BCUT2D eigenvalue weighted by Gasteiger charge is 2.62. The number of benzene rings is 2. The van der Waals surface area contributed by atoms with Gasteiger partial charge in [-0.2, -0.15) is 0 Å². The first-order valence-corrected chi connectivity index (χ1v) is 15.6. The van der Waals surface area contributed by atoms with E-state index in [1.165, 1.54) is 6.92 Å². The standard InChI is InChI=1S/C27H31F2N2O9PS/c1-15(2)38-25(36)16(3)30-41(42,40-20-10-6-8-17-7-4-5-9-19(17)20)37-14-27(26(28)29)23(35)22(34)24(39-27)31-12-11-18(32)13-21(31)33/h4-12,15-16,22-24,26,34-35H,13-14H2,1-3H3,(H,30,42)/t16-,22+,23+,24+,27+,41?/m0/s1. The van der Waals surface area contributed by atoms with E-state index in [9.17, 15) is 33.4 Å². The first kappa shape index (κ1) is 32.1. The minimum absolute atomic E-state index is 0.235. The number of nitrogens with zero attached hydrogens (tertiary/aromatic N) is 1. The van der Waals surface area contributed by atoms with Gasteiger partial charge in [0.25, 0.3) is 6.43 Å². The lowest BCUT2D eigenvalue weighted by atomic mass is 9.96. The van der Waals surface area contributed by atoms with Crippen LogP contribution in [0.15, 0.2) is 54.7 Å². The van der Waals surface area contributed by atoms with E-state index in [-0.39, 0.29) is 5.75 Å². The molecule has 2 aliphatic rings. The summed E-state index contributed by atoms with van der Waals surface area (Å²) in [5.74, 6) is -1.80. The number of aliphatic hydroxyl groups excluding tert-OH is 2. The topological polar surface area (TPSA) is 144 Å². The number of ketones is 1. The zero-order chi connectivity index (χ0) is 30.8. The van der Waals surface area contributed by atoms with E-state index in [1.54, 1.807) is 38.1 Å². The lowest BCUT2D eigenvalue weighted by Crippen LogP contribution is -2.53. The van der Waals surface area contributed by atoms with Crippen LogP contribution in [0, 0.1) is 0 Å². The number of halogens is 2. The van der Waals surface area contributed by atoms with Gasteiger partial charge in [0.2, 0.25) is 5.91 Å². The number of amides is 1. The van der Waals surface area contributed by atoms with Crippen molar-refractivity contribution in [3.63, 3.8) is 0 Å². The fourth-order valence-corrected chi connectivity index (χ4v) is 6.89. The SMILES string of the molecule is CC(C)OC(=O)[C@H](C)NP(=S)(OC[C@@]1(C(F)F)O[C@@H](N2C=CC(=O)CC2=O)[C@H](O)[C@H]1O)Oc1cccc2ccccc12. The van der Waals surface area contributed by atoms with Crippen molar-refractivity contribution in [2.45, 2.75) is 69.8 Å².